The summed E-state index contributed by atoms with van der Waals surface area (Å²) in [5.41, 5.74) is 2.54. The van der Waals surface area contributed by atoms with Crippen LogP contribution in [-0.4, -0.2) is 54.1 Å². The van der Waals surface area contributed by atoms with Gasteiger partial charge in [0.1, 0.15) is 22.8 Å². The molecule has 2 aromatic rings. The molecular weight excluding hydrogens is 459 g/mol. The van der Waals surface area contributed by atoms with E-state index >= 15 is 0 Å². The van der Waals surface area contributed by atoms with Crippen LogP contribution >= 0.6 is 0 Å². The Kier molecular flexibility index (Phi) is 6.99. The van der Waals surface area contributed by atoms with Gasteiger partial charge in [-0.1, -0.05) is 30.4 Å². The smallest absolute Gasteiger partial charge is 0.280 e. The molecule has 0 radical (unpaired) electrons. The highest BCUT2D eigenvalue weighted by Gasteiger charge is 2.51. The Morgan fingerprint density at radius 3 is 2.61 bits per heavy atom. The first-order valence-corrected chi connectivity index (χ1v) is 11.7. The largest absolute Gasteiger partial charge is 0.495 e. The van der Waals surface area contributed by atoms with Crippen LogP contribution in [-0.2, 0) is 10.3 Å². The summed E-state index contributed by atoms with van der Waals surface area (Å²) in [4.78, 5) is 23.6. The van der Waals surface area contributed by atoms with Gasteiger partial charge in [-0.3, -0.25) is 9.69 Å². The number of methoxy groups -OCH3 is 1. The van der Waals surface area contributed by atoms with Crippen molar-refractivity contribution in [1.29, 1.82) is 0 Å². The van der Waals surface area contributed by atoms with Gasteiger partial charge in [0.25, 0.3) is 5.91 Å². The minimum Gasteiger partial charge on any atom is -0.495 e. The third-order valence-electron chi connectivity index (χ3n) is 6.50. The SMILES string of the molecule is C=CN(C=C(C)C)c1ccc(/C=C2\N=C3N(C)CCC(CO)(c4ccc(F)cc4)N3C2=O)cc1OC. The molecule has 1 atom stereocenters. The predicted molar refractivity (Wildman–Crippen MR) is 140 cm³/mol. The van der Waals surface area contributed by atoms with Crippen molar-refractivity contribution >= 4 is 23.6 Å². The number of amides is 1. The van der Waals surface area contributed by atoms with Crippen molar-refractivity contribution in [3.8, 4) is 5.75 Å². The highest BCUT2D eigenvalue weighted by Crippen LogP contribution is 2.41. The maximum atomic E-state index is 13.7. The number of carbonyl (C=O) groups excluding carboxylic acids is 1. The first-order valence-electron chi connectivity index (χ1n) is 11.7. The number of halogens is 1. The number of aliphatic imine (C=N–C) groups is 1. The summed E-state index contributed by atoms with van der Waals surface area (Å²) in [5.74, 6) is 0.376. The Balaban J connectivity index is 1.74. The fourth-order valence-corrected chi connectivity index (χ4v) is 4.64. The zero-order chi connectivity index (χ0) is 26.0. The number of guanidine groups is 1. The van der Waals surface area contributed by atoms with Crippen LogP contribution in [0.4, 0.5) is 10.1 Å². The number of ether oxygens (including phenoxy) is 1. The Morgan fingerprint density at radius 1 is 1.28 bits per heavy atom. The van der Waals surface area contributed by atoms with E-state index in [-0.39, 0.29) is 24.0 Å². The first kappa shape index (κ1) is 25.2. The van der Waals surface area contributed by atoms with Gasteiger partial charge in [0.15, 0.2) is 0 Å². The number of nitrogens with zero attached hydrogens (tertiary/aromatic N) is 4. The molecule has 1 saturated heterocycles. The monoisotopic (exact) mass is 490 g/mol. The number of fused-ring (bicyclic) bond motifs is 1. The standard InChI is InChI=1S/C28H31FN4O3/c1-6-32(17-19(2)3)24-12-7-20(16-25(24)36-5)15-23-26(35)33-27(30-23)31(4)14-13-28(33,18-34)21-8-10-22(29)11-9-21/h6-12,15-17,34H,1,13-14,18H2,2-5H3/b23-15-. The molecule has 1 amide bonds. The summed E-state index contributed by atoms with van der Waals surface area (Å²) >= 11 is 0. The molecule has 4 rings (SSSR count). The Morgan fingerprint density at radius 2 is 2.00 bits per heavy atom. The van der Waals surface area contributed by atoms with E-state index in [1.807, 2.05) is 55.1 Å². The van der Waals surface area contributed by atoms with Gasteiger partial charge in [0, 0.05) is 26.0 Å². The molecule has 36 heavy (non-hydrogen) atoms. The molecule has 188 valence electrons. The number of anilines is 1. The lowest BCUT2D eigenvalue weighted by atomic mass is 9.83. The van der Waals surface area contributed by atoms with Crippen LogP contribution in [0.1, 0.15) is 31.4 Å². The van der Waals surface area contributed by atoms with Gasteiger partial charge >= 0.3 is 0 Å². The van der Waals surface area contributed by atoms with Gasteiger partial charge in [-0.25, -0.2) is 9.38 Å². The van der Waals surface area contributed by atoms with Crippen molar-refractivity contribution in [2.24, 2.45) is 4.99 Å². The van der Waals surface area contributed by atoms with Crippen LogP contribution in [0.5, 0.6) is 5.75 Å². The lowest BCUT2D eigenvalue weighted by Crippen LogP contribution is -2.61. The van der Waals surface area contributed by atoms with Crippen LogP contribution < -0.4 is 9.64 Å². The fraction of sp³-hybridized carbons (Fsp3) is 0.286. The number of aliphatic hydroxyl groups is 1. The number of carbonyl (C=O) groups is 1. The lowest BCUT2D eigenvalue weighted by molar-refractivity contribution is -0.130. The van der Waals surface area contributed by atoms with Crippen LogP contribution in [0.3, 0.4) is 0 Å². The summed E-state index contributed by atoms with van der Waals surface area (Å²) in [6.07, 6.45) is 5.84. The van der Waals surface area contributed by atoms with E-state index in [4.69, 9.17) is 4.74 Å². The molecular formula is C28H31FN4O3. The average Bonchev–Trinajstić information content (AvgIpc) is 3.21. The third kappa shape index (κ3) is 4.40. The lowest BCUT2D eigenvalue weighted by Gasteiger charge is -2.47. The van der Waals surface area contributed by atoms with Crippen molar-refractivity contribution in [1.82, 2.24) is 9.80 Å². The average molecular weight is 491 g/mol. The minimum absolute atomic E-state index is 0.248. The Bertz CT molecular complexity index is 1260. The van der Waals surface area contributed by atoms with Crippen LogP contribution in [0.25, 0.3) is 6.08 Å². The molecule has 7 nitrogen and oxygen atoms in total. The quantitative estimate of drug-likeness (QED) is 0.580. The molecule has 2 aliphatic rings. The molecule has 0 spiro atoms. The molecule has 2 heterocycles. The third-order valence-corrected chi connectivity index (χ3v) is 6.50. The molecule has 0 aliphatic carbocycles. The molecule has 2 aliphatic heterocycles. The second-order valence-electron chi connectivity index (χ2n) is 9.18. The van der Waals surface area contributed by atoms with Gasteiger partial charge in [-0.2, -0.15) is 0 Å². The molecule has 1 N–H and O–H groups in total. The minimum atomic E-state index is -1.03. The molecule has 1 unspecified atom stereocenters. The molecule has 1 fully saturated rings. The van der Waals surface area contributed by atoms with E-state index in [1.165, 1.54) is 17.0 Å². The van der Waals surface area contributed by atoms with E-state index < -0.39 is 5.54 Å². The summed E-state index contributed by atoms with van der Waals surface area (Å²) < 4.78 is 19.2. The highest BCUT2D eigenvalue weighted by atomic mass is 19.1. The molecule has 0 saturated carbocycles. The van der Waals surface area contributed by atoms with Gasteiger partial charge in [-0.15, -0.1) is 0 Å². The topological polar surface area (TPSA) is 68.6 Å². The number of hydrogen-bond acceptors (Lipinski definition) is 6. The van der Waals surface area contributed by atoms with Gasteiger partial charge in [0.05, 0.1) is 19.4 Å². The van der Waals surface area contributed by atoms with E-state index in [2.05, 4.69) is 11.6 Å². The van der Waals surface area contributed by atoms with Crippen molar-refractivity contribution in [3.05, 3.63) is 89.7 Å². The van der Waals surface area contributed by atoms with E-state index in [9.17, 15) is 14.3 Å². The molecule has 2 aromatic carbocycles. The fourth-order valence-electron chi connectivity index (χ4n) is 4.64. The van der Waals surface area contributed by atoms with Crippen molar-refractivity contribution in [2.75, 3.05) is 32.2 Å². The van der Waals surface area contributed by atoms with Crippen molar-refractivity contribution in [2.45, 2.75) is 25.8 Å². The summed E-state index contributed by atoms with van der Waals surface area (Å²) in [5, 5.41) is 10.5. The summed E-state index contributed by atoms with van der Waals surface area (Å²) in [6, 6.07) is 11.5. The molecule has 0 bridgehead atoms. The normalized spacial score (nSPS) is 20.2. The summed E-state index contributed by atoms with van der Waals surface area (Å²) in [6.45, 7) is 8.15. The number of allylic oxidation sites excluding steroid dienone is 1. The zero-order valence-electron chi connectivity index (χ0n) is 21.0. The molecule has 0 aromatic heterocycles. The van der Waals surface area contributed by atoms with E-state index in [1.54, 1.807) is 31.5 Å². The second-order valence-corrected chi connectivity index (χ2v) is 9.18. The highest BCUT2D eigenvalue weighted by molar-refractivity contribution is 6.14. The Hall–Kier alpha value is -3.91. The number of benzene rings is 2. The molecule has 8 heteroatoms. The number of hydrogen-bond donors (Lipinski definition) is 1. The van der Waals surface area contributed by atoms with E-state index in [0.29, 0.717) is 30.2 Å². The van der Waals surface area contributed by atoms with Crippen LogP contribution in [0, 0.1) is 5.82 Å². The number of aliphatic hydroxyl groups excluding tert-OH is 1. The van der Waals surface area contributed by atoms with Crippen molar-refractivity contribution in [3.63, 3.8) is 0 Å². The van der Waals surface area contributed by atoms with Crippen molar-refractivity contribution < 1.29 is 19.0 Å². The van der Waals surface area contributed by atoms with Crippen LogP contribution in [0.15, 0.2) is 77.7 Å². The Labute approximate surface area is 211 Å². The van der Waals surface area contributed by atoms with E-state index in [0.717, 1.165) is 16.8 Å². The first-order chi connectivity index (χ1) is 17.2. The second kappa shape index (κ2) is 9.99. The van der Waals surface area contributed by atoms with Gasteiger partial charge in [0.2, 0.25) is 5.96 Å². The maximum absolute atomic E-state index is 13.7. The van der Waals surface area contributed by atoms with Gasteiger partial charge < -0.3 is 19.6 Å². The zero-order valence-corrected chi connectivity index (χ0v) is 21.0. The number of rotatable bonds is 7. The maximum Gasteiger partial charge on any atom is 0.280 e. The predicted octanol–water partition coefficient (Wildman–Crippen LogP) is 4.47. The van der Waals surface area contributed by atoms with Gasteiger partial charge in [-0.05, 0) is 61.7 Å². The van der Waals surface area contributed by atoms with Crippen LogP contribution in [0.2, 0.25) is 0 Å². The summed E-state index contributed by atoms with van der Waals surface area (Å²) in [7, 11) is 3.45.